The average molecular weight is 340 g/mol. The molecule has 0 amide bonds. The van der Waals surface area contributed by atoms with E-state index < -0.39 is 0 Å². The fourth-order valence-electron chi connectivity index (χ4n) is 3.45. The molecule has 0 saturated heterocycles. The van der Waals surface area contributed by atoms with Crippen molar-refractivity contribution >= 4 is 16.5 Å². The Hall–Kier alpha value is -1.86. The summed E-state index contributed by atoms with van der Waals surface area (Å²) < 4.78 is 0. The monoisotopic (exact) mass is 339 g/mol. The molecular weight excluding hydrogens is 314 g/mol. The van der Waals surface area contributed by atoms with E-state index in [2.05, 4.69) is 35.0 Å². The molecule has 126 valence electrons. The van der Waals surface area contributed by atoms with E-state index in [0.717, 1.165) is 36.1 Å². The normalized spacial score (nSPS) is 15.2. The summed E-state index contributed by atoms with van der Waals surface area (Å²) >= 11 is 1.80. The highest BCUT2D eigenvalue weighted by atomic mass is 32.1. The van der Waals surface area contributed by atoms with E-state index >= 15 is 0 Å². The quantitative estimate of drug-likeness (QED) is 0.747. The number of benzene rings is 1. The summed E-state index contributed by atoms with van der Waals surface area (Å²) in [4.78, 5) is 8.38. The minimum absolute atomic E-state index is 0.730. The molecule has 1 aromatic carbocycles. The Morgan fingerprint density at radius 1 is 1.21 bits per heavy atom. The molecule has 1 aliphatic rings. The van der Waals surface area contributed by atoms with Crippen LogP contribution in [0, 0.1) is 24.2 Å². The van der Waals surface area contributed by atoms with Crippen LogP contribution in [0.3, 0.4) is 0 Å². The minimum Gasteiger partial charge on any atom is -0.347 e. The zero-order chi connectivity index (χ0) is 16.8. The van der Waals surface area contributed by atoms with Gasteiger partial charge in [0.1, 0.15) is 0 Å². The first-order valence-corrected chi connectivity index (χ1v) is 9.72. The summed E-state index contributed by atoms with van der Waals surface area (Å²) in [6.45, 7) is 4.25. The van der Waals surface area contributed by atoms with E-state index in [4.69, 9.17) is 5.26 Å². The third-order valence-corrected chi connectivity index (χ3v) is 5.81. The first-order chi connectivity index (χ1) is 11.7. The van der Waals surface area contributed by atoms with E-state index in [1.54, 1.807) is 11.3 Å². The lowest BCUT2D eigenvalue weighted by Gasteiger charge is -2.29. The maximum Gasteiger partial charge on any atom is 0.185 e. The Morgan fingerprint density at radius 2 is 1.96 bits per heavy atom. The molecule has 3 rings (SSSR count). The molecule has 1 aliphatic carbocycles. The van der Waals surface area contributed by atoms with E-state index in [9.17, 15) is 0 Å². The molecule has 1 aromatic heterocycles. The highest BCUT2D eigenvalue weighted by Crippen LogP contribution is 2.28. The van der Waals surface area contributed by atoms with Crippen molar-refractivity contribution in [3.63, 3.8) is 0 Å². The average Bonchev–Trinajstić information content (AvgIpc) is 3.06. The van der Waals surface area contributed by atoms with Crippen molar-refractivity contribution in [2.45, 2.75) is 45.4 Å². The lowest BCUT2D eigenvalue weighted by molar-refractivity contribution is 0.358. The molecule has 2 aromatic rings. The Bertz CT molecular complexity index is 678. The van der Waals surface area contributed by atoms with Gasteiger partial charge in [-0.3, -0.25) is 0 Å². The van der Waals surface area contributed by atoms with Gasteiger partial charge in [-0.1, -0.05) is 31.4 Å². The maximum atomic E-state index is 8.91. The van der Waals surface area contributed by atoms with Crippen LogP contribution in [0.1, 0.15) is 48.1 Å². The molecule has 3 nitrogen and oxygen atoms in total. The topological polar surface area (TPSA) is 39.9 Å². The number of hydrogen-bond acceptors (Lipinski definition) is 4. The highest BCUT2D eigenvalue weighted by Gasteiger charge is 2.19. The molecule has 1 saturated carbocycles. The van der Waals surface area contributed by atoms with Crippen molar-refractivity contribution in [1.29, 1.82) is 5.26 Å². The molecule has 0 radical (unpaired) electrons. The lowest BCUT2D eigenvalue weighted by Crippen LogP contribution is -2.32. The largest absolute Gasteiger partial charge is 0.347 e. The number of nitriles is 1. The molecule has 4 heteroatoms. The number of aromatic nitrogens is 1. The van der Waals surface area contributed by atoms with Crippen LogP contribution in [-0.4, -0.2) is 18.1 Å². The van der Waals surface area contributed by atoms with Crippen LogP contribution in [0.2, 0.25) is 0 Å². The number of nitrogens with zero attached hydrogens (tertiary/aromatic N) is 3. The molecule has 0 atom stereocenters. The van der Waals surface area contributed by atoms with Crippen molar-refractivity contribution in [2.75, 3.05) is 18.0 Å². The Labute approximate surface area is 149 Å². The first-order valence-electron chi connectivity index (χ1n) is 8.91. The van der Waals surface area contributed by atoms with Gasteiger partial charge in [0.2, 0.25) is 0 Å². The number of thiazole rings is 1. The molecule has 0 unspecified atom stereocenters. The van der Waals surface area contributed by atoms with Gasteiger partial charge in [0.05, 0.1) is 11.6 Å². The third-order valence-electron chi connectivity index (χ3n) is 4.84. The van der Waals surface area contributed by atoms with Crippen molar-refractivity contribution in [1.82, 2.24) is 4.98 Å². The number of hydrogen-bond donors (Lipinski definition) is 0. The van der Waals surface area contributed by atoms with Crippen LogP contribution >= 0.6 is 11.3 Å². The number of aryl methyl sites for hydroxylation is 1. The van der Waals surface area contributed by atoms with Gasteiger partial charge in [-0.25, -0.2) is 4.98 Å². The van der Waals surface area contributed by atoms with E-state index in [-0.39, 0.29) is 0 Å². The smallest absolute Gasteiger partial charge is 0.185 e. The second kappa shape index (κ2) is 8.30. The summed E-state index contributed by atoms with van der Waals surface area (Å²) in [6, 6.07) is 10.2. The van der Waals surface area contributed by atoms with E-state index in [1.165, 1.54) is 42.5 Å². The molecular formula is C20H25N3S. The van der Waals surface area contributed by atoms with Gasteiger partial charge in [0.25, 0.3) is 0 Å². The zero-order valence-corrected chi connectivity index (χ0v) is 15.2. The Morgan fingerprint density at radius 3 is 2.58 bits per heavy atom. The van der Waals surface area contributed by atoms with Crippen molar-refractivity contribution in [3.05, 3.63) is 46.5 Å². The molecule has 0 bridgehead atoms. The van der Waals surface area contributed by atoms with Crippen LogP contribution in [0.4, 0.5) is 5.13 Å². The summed E-state index contributed by atoms with van der Waals surface area (Å²) in [6.07, 6.45) is 9.86. The minimum atomic E-state index is 0.730. The van der Waals surface area contributed by atoms with Gasteiger partial charge in [-0.2, -0.15) is 5.26 Å². The number of anilines is 1. The third kappa shape index (κ3) is 4.58. The first kappa shape index (κ1) is 17.0. The molecule has 24 heavy (non-hydrogen) atoms. The van der Waals surface area contributed by atoms with Crippen LogP contribution < -0.4 is 4.90 Å². The molecule has 1 fully saturated rings. The Kier molecular flexibility index (Phi) is 5.87. The van der Waals surface area contributed by atoms with Gasteiger partial charge >= 0.3 is 0 Å². The Balaban J connectivity index is 1.65. The maximum absolute atomic E-state index is 8.91. The second-order valence-corrected chi connectivity index (χ2v) is 7.98. The van der Waals surface area contributed by atoms with Gasteiger partial charge in [-0.15, -0.1) is 11.3 Å². The van der Waals surface area contributed by atoms with E-state index in [1.807, 2.05) is 18.3 Å². The standard InChI is InChI=1S/C20H25N3S/c1-16-14-22-20(24-16)23(15-19-5-3-2-4-6-19)12-11-17-7-9-18(13-21)10-8-17/h7-10,14,19H,2-6,11-12,15H2,1H3. The summed E-state index contributed by atoms with van der Waals surface area (Å²) in [5, 5.41) is 10.1. The fraction of sp³-hybridized carbons (Fsp3) is 0.500. The SMILES string of the molecule is Cc1cnc(N(CCc2ccc(C#N)cc2)CC2CCCCC2)s1. The van der Waals surface area contributed by atoms with Crippen LogP contribution in [0.15, 0.2) is 30.5 Å². The zero-order valence-electron chi connectivity index (χ0n) is 14.4. The van der Waals surface area contributed by atoms with Gasteiger partial charge < -0.3 is 4.90 Å². The summed E-state index contributed by atoms with van der Waals surface area (Å²) in [7, 11) is 0. The van der Waals surface area contributed by atoms with Crippen molar-refractivity contribution < 1.29 is 0 Å². The van der Waals surface area contributed by atoms with Gasteiger partial charge in [0.15, 0.2) is 5.13 Å². The summed E-state index contributed by atoms with van der Waals surface area (Å²) in [5.74, 6) is 0.809. The van der Waals surface area contributed by atoms with Crippen molar-refractivity contribution in [3.8, 4) is 6.07 Å². The van der Waals surface area contributed by atoms with Crippen LogP contribution in [0.25, 0.3) is 0 Å². The molecule has 0 spiro atoms. The molecule has 0 N–H and O–H groups in total. The molecule has 0 aliphatic heterocycles. The predicted octanol–water partition coefficient (Wildman–Crippen LogP) is 4.95. The number of rotatable bonds is 6. The van der Waals surface area contributed by atoms with E-state index in [0.29, 0.717) is 0 Å². The van der Waals surface area contributed by atoms with Gasteiger partial charge in [-0.05, 0) is 49.8 Å². The summed E-state index contributed by atoms with van der Waals surface area (Å²) in [5.41, 5.74) is 2.02. The van der Waals surface area contributed by atoms with Crippen LogP contribution in [-0.2, 0) is 6.42 Å². The second-order valence-electron chi connectivity index (χ2n) is 6.76. The predicted molar refractivity (Wildman–Crippen MR) is 101 cm³/mol. The fourth-order valence-corrected chi connectivity index (χ4v) is 4.24. The van der Waals surface area contributed by atoms with Gasteiger partial charge in [0, 0.05) is 24.2 Å². The van der Waals surface area contributed by atoms with Crippen molar-refractivity contribution in [2.24, 2.45) is 5.92 Å². The lowest BCUT2D eigenvalue weighted by atomic mass is 9.89. The highest BCUT2D eigenvalue weighted by molar-refractivity contribution is 7.15. The molecule has 1 heterocycles. The van der Waals surface area contributed by atoms with Crippen LogP contribution in [0.5, 0.6) is 0 Å².